The molecule has 3 rings (SSSR count). The summed E-state index contributed by atoms with van der Waals surface area (Å²) >= 11 is 0. The molecule has 0 unspecified atom stereocenters. The minimum atomic E-state index is -0.408. The molecule has 1 aliphatic rings. The molecular formula is C19H21FN2O. The van der Waals surface area contributed by atoms with Crippen molar-refractivity contribution in [2.75, 3.05) is 0 Å². The van der Waals surface area contributed by atoms with Crippen molar-refractivity contribution in [1.82, 2.24) is 4.57 Å². The standard InChI is InChI=1S/C19H21FN2O/c1-14-10-11-22(19(23)15-6-5-7-16(20)13-15)18(12-14)21-17-8-3-2-4-9-17/h5-7,10-13,17H,2-4,8-9H2,1H3. The van der Waals surface area contributed by atoms with Gasteiger partial charge in [0.1, 0.15) is 11.3 Å². The first kappa shape index (κ1) is 15.7. The molecule has 0 atom stereocenters. The van der Waals surface area contributed by atoms with E-state index in [1.165, 1.54) is 36.0 Å². The Labute approximate surface area is 135 Å². The van der Waals surface area contributed by atoms with E-state index in [0.717, 1.165) is 18.4 Å². The first-order chi connectivity index (χ1) is 11.1. The second-order valence-electron chi connectivity index (χ2n) is 6.17. The van der Waals surface area contributed by atoms with Gasteiger partial charge in [-0.1, -0.05) is 25.3 Å². The molecule has 1 aromatic carbocycles. The molecule has 0 N–H and O–H groups in total. The number of pyridine rings is 1. The average molecular weight is 312 g/mol. The van der Waals surface area contributed by atoms with Crippen molar-refractivity contribution >= 4 is 5.91 Å². The molecule has 0 radical (unpaired) electrons. The maximum atomic E-state index is 13.4. The Bertz CT molecular complexity index is 773. The van der Waals surface area contributed by atoms with Crippen LogP contribution in [0, 0.1) is 12.7 Å². The van der Waals surface area contributed by atoms with E-state index in [0.29, 0.717) is 11.1 Å². The molecule has 2 aromatic rings. The quantitative estimate of drug-likeness (QED) is 0.829. The largest absolute Gasteiger partial charge is 0.268 e. The molecule has 120 valence electrons. The number of rotatable bonds is 2. The summed E-state index contributed by atoms with van der Waals surface area (Å²) in [5.41, 5.74) is 2.05. The van der Waals surface area contributed by atoms with Gasteiger partial charge in [0, 0.05) is 11.8 Å². The van der Waals surface area contributed by atoms with Gasteiger partial charge < -0.3 is 0 Å². The van der Waals surface area contributed by atoms with Crippen LogP contribution in [-0.4, -0.2) is 16.5 Å². The molecule has 0 saturated heterocycles. The summed E-state index contributed by atoms with van der Waals surface area (Å²) in [6.45, 7) is 1.98. The Hall–Kier alpha value is -2.23. The van der Waals surface area contributed by atoms with E-state index in [4.69, 9.17) is 4.99 Å². The average Bonchev–Trinajstić information content (AvgIpc) is 2.55. The number of carbonyl (C=O) groups excluding carboxylic acids is 1. The van der Waals surface area contributed by atoms with Crippen LogP contribution in [0.3, 0.4) is 0 Å². The third-order valence-electron chi connectivity index (χ3n) is 4.27. The number of benzene rings is 1. The summed E-state index contributed by atoms with van der Waals surface area (Å²) in [6.07, 6.45) is 7.52. The minimum Gasteiger partial charge on any atom is -0.268 e. The zero-order valence-electron chi connectivity index (χ0n) is 13.3. The number of aromatic nitrogens is 1. The predicted molar refractivity (Wildman–Crippen MR) is 87.7 cm³/mol. The number of halogens is 1. The fourth-order valence-corrected chi connectivity index (χ4v) is 3.02. The summed E-state index contributed by atoms with van der Waals surface area (Å²) in [7, 11) is 0. The molecule has 0 spiro atoms. The van der Waals surface area contributed by atoms with Crippen LogP contribution in [0.2, 0.25) is 0 Å². The fourth-order valence-electron chi connectivity index (χ4n) is 3.02. The molecule has 0 bridgehead atoms. The highest BCUT2D eigenvalue weighted by Gasteiger charge is 2.14. The molecule has 1 aromatic heterocycles. The zero-order chi connectivity index (χ0) is 16.2. The topological polar surface area (TPSA) is 34.4 Å². The third-order valence-corrected chi connectivity index (χ3v) is 4.27. The summed E-state index contributed by atoms with van der Waals surface area (Å²) < 4.78 is 14.9. The van der Waals surface area contributed by atoms with Gasteiger partial charge >= 0.3 is 0 Å². The first-order valence-electron chi connectivity index (χ1n) is 8.17. The van der Waals surface area contributed by atoms with Gasteiger partial charge in [0.15, 0.2) is 0 Å². The van der Waals surface area contributed by atoms with Gasteiger partial charge in [-0.25, -0.2) is 4.39 Å². The van der Waals surface area contributed by atoms with Crippen LogP contribution in [0.4, 0.5) is 4.39 Å². The Morgan fingerprint density at radius 1 is 1.17 bits per heavy atom. The summed E-state index contributed by atoms with van der Waals surface area (Å²) in [6, 6.07) is 9.85. The van der Waals surface area contributed by atoms with Crippen LogP contribution >= 0.6 is 0 Å². The van der Waals surface area contributed by atoms with E-state index in [9.17, 15) is 9.18 Å². The van der Waals surface area contributed by atoms with Gasteiger partial charge in [0.2, 0.25) is 0 Å². The van der Waals surface area contributed by atoms with Crippen LogP contribution in [0.15, 0.2) is 47.6 Å². The van der Waals surface area contributed by atoms with Crippen molar-refractivity contribution in [3.63, 3.8) is 0 Å². The molecule has 1 heterocycles. The van der Waals surface area contributed by atoms with E-state index < -0.39 is 5.82 Å². The van der Waals surface area contributed by atoms with Crippen LogP contribution in [0.5, 0.6) is 0 Å². The van der Waals surface area contributed by atoms with Gasteiger partial charge in [-0.3, -0.25) is 14.4 Å². The number of nitrogens with zero attached hydrogens (tertiary/aromatic N) is 2. The second kappa shape index (κ2) is 6.90. The molecule has 0 amide bonds. The monoisotopic (exact) mass is 312 g/mol. The summed E-state index contributed by atoms with van der Waals surface area (Å²) in [5, 5.41) is 0. The SMILES string of the molecule is Cc1ccn(C(=O)c2cccc(F)c2)c(=NC2CCCCC2)c1. The Kier molecular flexibility index (Phi) is 4.70. The van der Waals surface area contributed by atoms with E-state index in [1.54, 1.807) is 18.3 Å². The van der Waals surface area contributed by atoms with Crippen molar-refractivity contribution in [1.29, 1.82) is 0 Å². The second-order valence-corrected chi connectivity index (χ2v) is 6.17. The highest BCUT2D eigenvalue weighted by Crippen LogP contribution is 2.19. The van der Waals surface area contributed by atoms with Gasteiger partial charge in [0.25, 0.3) is 5.91 Å². The number of hydrogen-bond acceptors (Lipinski definition) is 2. The molecule has 1 fully saturated rings. The molecule has 1 saturated carbocycles. The third kappa shape index (κ3) is 3.76. The summed E-state index contributed by atoms with van der Waals surface area (Å²) in [5.74, 6) is -0.659. The fraction of sp³-hybridized carbons (Fsp3) is 0.368. The lowest BCUT2D eigenvalue weighted by atomic mass is 9.96. The van der Waals surface area contributed by atoms with E-state index >= 15 is 0 Å². The Balaban J connectivity index is 2.01. The lowest BCUT2D eigenvalue weighted by molar-refractivity contribution is 0.0954. The molecular weight excluding hydrogens is 291 g/mol. The van der Waals surface area contributed by atoms with Crippen molar-refractivity contribution in [3.05, 3.63) is 65.0 Å². The molecule has 23 heavy (non-hydrogen) atoms. The molecule has 0 aliphatic heterocycles. The molecule has 4 heteroatoms. The number of carbonyl (C=O) groups is 1. The first-order valence-corrected chi connectivity index (χ1v) is 8.17. The van der Waals surface area contributed by atoms with Crippen molar-refractivity contribution < 1.29 is 9.18 Å². The van der Waals surface area contributed by atoms with Gasteiger partial charge in [-0.2, -0.15) is 0 Å². The maximum Gasteiger partial charge on any atom is 0.263 e. The highest BCUT2D eigenvalue weighted by molar-refractivity contribution is 5.95. The van der Waals surface area contributed by atoms with E-state index in [-0.39, 0.29) is 11.9 Å². The van der Waals surface area contributed by atoms with Crippen molar-refractivity contribution in [3.8, 4) is 0 Å². The van der Waals surface area contributed by atoms with E-state index in [1.807, 2.05) is 19.1 Å². The lowest BCUT2D eigenvalue weighted by Crippen LogP contribution is -2.29. The van der Waals surface area contributed by atoms with Crippen molar-refractivity contribution in [2.45, 2.75) is 45.1 Å². The maximum absolute atomic E-state index is 13.4. The normalized spacial score (nSPS) is 16.5. The van der Waals surface area contributed by atoms with Crippen molar-refractivity contribution in [2.24, 2.45) is 4.99 Å². The van der Waals surface area contributed by atoms with Crippen LogP contribution < -0.4 is 5.49 Å². The van der Waals surface area contributed by atoms with Crippen LogP contribution in [-0.2, 0) is 0 Å². The summed E-state index contributed by atoms with van der Waals surface area (Å²) in [4.78, 5) is 17.5. The Morgan fingerprint density at radius 3 is 2.70 bits per heavy atom. The number of hydrogen-bond donors (Lipinski definition) is 0. The smallest absolute Gasteiger partial charge is 0.263 e. The highest BCUT2D eigenvalue weighted by atomic mass is 19.1. The van der Waals surface area contributed by atoms with E-state index in [2.05, 4.69) is 0 Å². The molecule has 3 nitrogen and oxygen atoms in total. The lowest BCUT2D eigenvalue weighted by Gasteiger charge is -2.18. The molecule has 1 aliphatic carbocycles. The van der Waals surface area contributed by atoms with Gasteiger partial charge in [0.05, 0.1) is 6.04 Å². The zero-order valence-corrected chi connectivity index (χ0v) is 13.3. The van der Waals surface area contributed by atoms with Gasteiger partial charge in [-0.15, -0.1) is 0 Å². The minimum absolute atomic E-state index is 0.251. The van der Waals surface area contributed by atoms with Gasteiger partial charge in [-0.05, 0) is 55.7 Å². The predicted octanol–water partition coefficient (Wildman–Crippen LogP) is 3.86. The van der Waals surface area contributed by atoms with Crippen LogP contribution in [0.1, 0.15) is 48.0 Å². The van der Waals surface area contributed by atoms with Crippen LogP contribution in [0.25, 0.3) is 0 Å². The Morgan fingerprint density at radius 2 is 1.96 bits per heavy atom. The number of aryl methyl sites for hydroxylation is 1.